The highest BCUT2D eigenvalue weighted by molar-refractivity contribution is 6.32. The maximum Gasteiger partial charge on any atom is 0.258 e. The lowest BCUT2D eigenvalue weighted by Gasteiger charge is -2.20. The van der Waals surface area contributed by atoms with Gasteiger partial charge in [0.05, 0.1) is 6.04 Å². The van der Waals surface area contributed by atoms with Gasteiger partial charge in [0.2, 0.25) is 0 Å². The second-order valence-electron chi connectivity index (χ2n) is 6.55. The minimum atomic E-state index is -0.128. The molecule has 0 bridgehead atoms. The van der Waals surface area contributed by atoms with Crippen LogP contribution in [0, 0.1) is 27.7 Å². The van der Waals surface area contributed by atoms with Crippen LogP contribution in [0.2, 0.25) is 5.02 Å². The summed E-state index contributed by atoms with van der Waals surface area (Å²) in [4.78, 5) is 12.3. The highest BCUT2D eigenvalue weighted by Crippen LogP contribution is 2.26. The van der Waals surface area contributed by atoms with Gasteiger partial charge >= 0.3 is 0 Å². The predicted molar refractivity (Wildman–Crippen MR) is 104 cm³/mol. The molecular formula is C21H26ClNO2. The van der Waals surface area contributed by atoms with Crippen molar-refractivity contribution in [3.8, 4) is 5.75 Å². The quantitative estimate of drug-likeness (QED) is 0.767. The van der Waals surface area contributed by atoms with E-state index >= 15 is 0 Å². The lowest BCUT2D eigenvalue weighted by Crippen LogP contribution is -2.32. The minimum Gasteiger partial charge on any atom is -0.484 e. The maximum atomic E-state index is 12.3. The molecule has 2 aromatic rings. The molecular weight excluding hydrogens is 334 g/mol. The van der Waals surface area contributed by atoms with Gasteiger partial charge in [0, 0.05) is 5.02 Å². The van der Waals surface area contributed by atoms with Gasteiger partial charge in [-0.3, -0.25) is 4.79 Å². The molecule has 0 spiro atoms. The average molecular weight is 360 g/mol. The Morgan fingerprint density at radius 2 is 1.72 bits per heavy atom. The molecule has 0 heterocycles. The fourth-order valence-electron chi connectivity index (χ4n) is 2.99. The first-order chi connectivity index (χ1) is 11.8. The van der Waals surface area contributed by atoms with Crippen LogP contribution in [0.3, 0.4) is 0 Å². The molecule has 2 rings (SSSR count). The number of hydrogen-bond acceptors (Lipinski definition) is 2. The second kappa shape index (κ2) is 8.39. The van der Waals surface area contributed by atoms with E-state index < -0.39 is 0 Å². The summed E-state index contributed by atoms with van der Waals surface area (Å²) in [7, 11) is 0. The number of aryl methyl sites for hydroxylation is 4. The van der Waals surface area contributed by atoms with Crippen molar-refractivity contribution in [2.45, 2.75) is 47.1 Å². The third-order valence-corrected chi connectivity index (χ3v) is 4.92. The SMILES string of the molecule is CCC(NC(=O)COc1cc(C)c(Cl)c(C)c1)c1ccc(C)cc1C. The highest BCUT2D eigenvalue weighted by Gasteiger charge is 2.15. The molecule has 0 aliphatic rings. The highest BCUT2D eigenvalue weighted by atomic mass is 35.5. The van der Waals surface area contributed by atoms with Crippen molar-refractivity contribution in [1.29, 1.82) is 0 Å². The molecule has 1 amide bonds. The van der Waals surface area contributed by atoms with E-state index in [9.17, 15) is 4.79 Å². The molecule has 3 nitrogen and oxygen atoms in total. The monoisotopic (exact) mass is 359 g/mol. The third-order valence-electron chi connectivity index (χ3n) is 4.32. The number of hydrogen-bond donors (Lipinski definition) is 1. The Kier molecular flexibility index (Phi) is 6.49. The first kappa shape index (κ1) is 19.3. The zero-order valence-electron chi connectivity index (χ0n) is 15.6. The number of carbonyl (C=O) groups is 1. The number of benzene rings is 2. The van der Waals surface area contributed by atoms with Crippen molar-refractivity contribution in [2.24, 2.45) is 0 Å². The topological polar surface area (TPSA) is 38.3 Å². The zero-order chi connectivity index (χ0) is 18.6. The van der Waals surface area contributed by atoms with E-state index in [2.05, 4.69) is 44.3 Å². The summed E-state index contributed by atoms with van der Waals surface area (Å²) < 4.78 is 5.64. The Morgan fingerprint density at radius 3 is 2.28 bits per heavy atom. The van der Waals surface area contributed by atoms with Crippen LogP contribution < -0.4 is 10.1 Å². The van der Waals surface area contributed by atoms with Crippen molar-refractivity contribution in [3.05, 3.63) is 63.2 Å². The lowest BCUT2D eigenvalue weighted by molar-refractivity contribution is -0.123. The minimum absolute atomic E-state index is 0.00890. The van der Waals surface area contributed by atoms with Gasteiger partial charge in [-0.05, 0) is 68.5 Å². The summed E-state index contributed by atoms with van der Waals surface area (Å²) in [6.07, 6.45) is 0.828. The fourth-order valence-corrected chi connectivity index (χ4v) is 3.10. The first-order valence-electron chi connectivity index (χ1n) is 8.57. The van der Waals surface area contributed by atoms with Gasteiger partial charge in [-0.1, -0.05) is 42.3 Å². The van der Waals surface area contributed by atoms with Gasteiger partial charge in [0.25, 0.3) is 5.91 Å². The van der Waals surface area contributed by atoms with Crippen LogP contribution in [0.5, 0.6) is 5.75 Å². The molecule has 1 N–H and O–H groups in total. The van der Waals surface area contributed by atoms with Crippen LogP contribution >= 0.6 is 11.6 Å². The van der Waals surface area contributed by atoms with Crippen LogP contribution in [-0.2, 0) is 4.79 Å². The van der Waals surface area contributed by atoms with Crippen LogP contribution in [0.1, 0.15) is 47.2 Å². The second-order valence-corrected chi connectivity index (χ2v) is 6.93. The largest absolute Gasteiger partial charge is 0.484 e. The number of ether oxygens (including phenoxy) is 1. The molecule has 0 saturated heterocycles. The van der Waals surface area contributed by atoms with Gasteiger partial charge in [-0.2, -0.15) is 0 Å². The normalized spacial score (nSPS) is 11.9. The first-order valence-corrected chi connectivity index (χ1v) is 8.95. The smallest absolute Gasteiger partial charge is 0.258 e. The molecule has 0 aliphatic carbocycles. The molecule has 0 saturated carbocycles. The summed E-state index contributed by atoms with van der Waals surface area (Å²) in [5.41, 5.74) is 5.45. The van der Waals surface area contributed by atoms with Crippen LogP contribution in [0.25, 0.3) is 0 Å². The number of carbonyl (C=O) groups excluding carboxylic acids is 1. The molecule has 25 heavy (non-hydrogen) atoms. The number of nitrogens with one attached hydrogen (secondary N) is 1. The predicted octanol–water partition coefficient (Wildman–Crippen LogP) is 5.22. The Balaban J connectivity index is 2.01. The van der Waals surface area contributed by atoms with E-state index in [1.54, 1.807) is 0 Å². The standard InChI is InChI=1S/C21H26ClNO2/c1-6-19(18-8-7-13(2)9-14(18)3)23-20(24)12-25-17-10-15(4)21(22)16(5)11-17/h7-11,19H,6,12H2,1-5H3,(H,23,24). The van der Waals surface area contributed by atoms with Crippen molar-refractivity contribution in [2.75, 3.05) is 6.61 Å². The lowest BCUT2D eigenvalue weighted by atomic mass is 9.97. The molecule has 134 valence electrons. The average Bonchev–Trinajstić information content (AvgIpc) is 2.56. The zero-order valence-corrected chi connectivity index (χ0v) is 16.3. The van der Waals surface area contributed by atoms with Crippen molar-refractivity contribution < 1.29 is 9.53 Å². The Labute approximate surface area is 155 Å². The summed E-state index contributed by atoms with van der Waals surface area (Å²) in [5.74, 6) is 0.534. The molecule has 2 aromatic carbocycles. The van der Waals surface area contributed by atoms with Crippen LogP contribution in [0.15, 0.2) is 30.3 Å². The van der Waals surface area contributed by atoms with Crippen molar-refractivity contribution >= 4 is 17.5 Å². The van der Waals surface area contributed by atoms with E-state index in [1.807, 2.05) is 26.0 Å². The number of halogens is 1. The van der Waals surface area contributed by atoms with Gasteiger partial charge in [0.15, 0.2) is 6.61 Å². The number of rotatable bonds is 6. The van der Waals surface area contributed by atoms with Gasteiger partial charge in [-0.15, -0.1) is 0 Å². The van der Waals surface area contributed by atoms with Crippen LogP contribution in [0.4, 0.5) is 0 Å². The maximum absolute atomic E-state index is 12.3. The molecule has 0 aromatic heterocycles. The summed E-state index contributed by atoms with van der Waals surface area (Å²) >= 11 is 6.16. The summed E-state index contributed by atoms with van der Waals surface area (Å²) in [6, 6.07) is 10.00. The number of amides is 1. The molecule has 0 aliphatic heterocycles. The van der Waals surface area contributed by atoms with E-state index in [-0.39, 0.29) is 18.6 Å². The van der Waals surface area contributed by atoms with Gasteiger partial charge < -0.3 is 10.1 Å². The molecule has 1 atom stereocenters. The molecule has 4 heteroatoms. The Hall–Kier alpha value is -2.00. The molecule has 0 radical (unpaired) electrons. The van der Waals surface area contributed by atoms with Crippen molar-refractivity contribution in [1.82, 2.24) is 5.32 Å². The van der Waals surface area contributed by atoms with Crippen LogP contribution in [-0.4, -0.2) is 12.5 Å². The Bertz CT molecular complexity index is 747. The molecule has 0 fully saturated rings. The molecule has 1 unspecified atom stereocenters. The van der Waals surface area contributed by atoms with E-state index in [4.69, 9.17) is 16.3 Å². The Morgan fingerprint density at radius 1 is 1.08 bits per heavy atom. The third kappa shape index (κ3) is 4.99. The van der Waals surface area contributed by atoms with E-state index in [0.717, 1.165) is 28.1 Å². The fraction of sp³-hybridized carbons (Fsp3) is 0.381. The summed E-state index contributed by atoms with van der Waals surface area (Å²) in [5, 5.41) is 3.80. The van der Waals surface area contributed by atoms with Gasteiger partial charge in [-0.25, -0.2) is 0 Å². The summed E-state index contributed by atoms with van der Waals surface area (Å²) in [6.45, 7) is 10.1. The van der Waals surface area contributed by atoms with Crippen molar-refractivity contribution in [3.63, 3.8) is 0 Å². The van der Waals surface area contributed by atoms with E-state index in [1.165, 1.54) is 11.1 Å². The van der Waals surface area contributed by atoms with Gasteiger partial charge in [0.1, 0.15) is 5.75 Å². The van der Waals surface area contributed by atoms with E-state index in [0.29, 0.717) is 5.75 Å².